The normalized spacial score (nSPS) is 9.60. The first-order valence-corrected chi connectivity index (χ1v) is 2.59. The molecule has 1 heterocycles. The molecule has 0 bridgehead atoms. The van der Waals surface area contributed by atoms with Crippen LogP contribution in [-0.4, -0.2) is 15.9 Å². The van der Waals surface area contributed by atoms with Gasteiger partial charge in [-0.25, -0.2) is 0 Å². The van der Waals surface area contributed by atoms with Gasteiger partial charge in [-0.05, 0) is 0 Å². The largest absolute Gasteiger partial charge is 0.857 e. The minimum absolute atomic E-state index is 0.0556. The summed E-state index contributed by atoms with van der Waals surface area (Å²) in [6.45, 7) is 0. The van der Waals surface area contributed by atoms with Crippen molar-refractivity contribution in [3.63, 3.8) is 0 Å². The minimum Gasteiger partial charge on any atom is -0.857 e. The fourth-order valence-electron chi connectivity index (χ4n) is 0.579. The van der Waals surface area contributed by atoms with Crippen LogP contribution in [0.2, 0.25) is 0 Å². The number of H-pyrrole nitrogens is 1. The summed E-state index contributed by atoms with van der Waals surface area (Å²) in [6, 6.07) is 0. The smallest absolute Gasteiger partial charge is 0.0914 e. The third-order valence-electron chi connectivity index (χ3n) is 1.000. The van der Waals surface area contributed by atoms with Crippen LogP contribution in [-0.2, 0) is 11.2 Å². The molecule has 0 aliphatic rings. The summed E-state index contributed by atoms with van der Waals surface area (Å²) in [5, 5.41) is 20.4. The lowest BCUT2D eigenvalue weighted by atomic mass is 10.3. The molecule has 0 unspecified atom stereocenters. The molecule has 0 saturated heterocycles. The van der Waals surface area contributed by atoms with Gasteiger partial charge in [-0.2, -0.15) is 0 Å². The second kappa shape index (κ2) is 2.38. The van der Waals surface area contributed by atoms with E-state index < -0.39 is 18.3 Å². The Morgan fingerprint density at radius 2 is 2.50 bits per heavy atom. The highest BCUT2D eigenvalue weighted by Crippen LogP contribution is 2.04. The number of hydrogen-bond donors (Lipinski definition) is 1. The average Bonchev–Trinajstić information content (AvgIpc) is 2.15. The van der Waals surface area contributed by atoms with E-state index in [0.717, 1.165) is 6.33 Å². The van der Waals surface area contributed by atoms with Crippen molar-refractivity contribution >= 4 is 5.97 Å². The Morgan fingerprint density at radius 1 is 1.80 bits per heavy atom. The zero-order chi connectivity index (χ0) is 7.56. The van der Waals surface area contributed by atoms with Crippen molar-refractivity contribution in [2.75, 3.05) is 0 Å². The lowest BCUT2D eigenvalue weighted by Gasteiger charge is -2.04. The predicted molar refractivity (Wildman–Crippen MR) is 26.7 cm³/mol. The maximum atomic E-state index is 10.5. The third-order valence-corrected chi connectivity index (χ3v) is 1.000. The summed E-state index contributed by atoms with van der Waals surface area (Å²) < 4.78 is 0. The number of aliphatic carboxylic acids is 1. The van der Waals surface area contributed by atoms with Crippen LogP contribution in [0.1, 0.15) is 5.69 Å². The van der Waals surface area contributed by atoms with Crippen LogP contribution in [0.5, 0.6) is 5.88 Å². The highest BCUT2D eigenvalue weighted by molar-refractivity contribution is 5.67. The summed E-state index contributed by atoms with van der Waals surface area (Å²) in [7, 11) is 0. The lowest BCUT2D eigenvalue weighted by molar-refractivity contribution is -0.306. The zero-order valence-corrected chi connectivity index (χ0v) is 4.96. The number of rotatable bonds is 2. The van der Waals surface area contributed by atoms with Crippen LogP contribution in [0.4, 0.5) is 0 Å². The fourth-order valence-corrected chi connectivity index (χ4v) is 0.579. The van der Waals surface area contributed by atoms with Crippen molar-refractivity contribution in [1.82, 2.24) is 9.97 Å². The molecule has 0 aliphatic heterocycles. The van der Waals surface area contributed by atoms with Crippen molar-refractivity contribution in [2.24, 2.45) is 0 Å². The number of carboxylic acids is 1. The molecule has 10 heavy (non-hydrogen) atoms. The van der Waals surface area contributed by atoms with Gasteiger partial charge in [0.05, 0.1) is 6.33 Å². The Bertz CT molecular complexity index is 243. The number of carboxylic acid groups (broad SMARTS) is 1. The number of hydrogen-bond acceptors (Lipinski definition) is 4. The number of imidazole rings is 1. The average molecular weight is 140 g/mol. The Labute approximate surface area is 56.3 Å². The van der Waals surface area contributed by atoms with Gasteiger partial charge in [0.25, 0.3) is 0 Å². The zero-order valence-electron chi connectivity index (χ0n) is 4.96. The van der Waals surface area contributed by atoms with E-state index in [0.29, 0.717) is 0 Å². The number of carbonyl (C=O) groups excluding carboxylic acids is 1. The minimum atomic E-state index is -1.29. The van der Waals surface area contributed by atoms with Gasteiger partial charge in [0, 0.05) is 24.0 Å². The number of carbonyl (C=O) groups is 1. The molecule has 1 aromatic rings. The van der Waals surface area contributed by atoms with E-state index in [4.69, 9.17) is 0 Å². The van der Waals surface area contributed by atoms with Crippen molar-refractivity contribution in [3.8, 4) is 5.88 Å². The summed E-state index contributed by atoms with van der Waals surface area (Å²) in [4.78, 5) is 15.6. The first-order valence-electron chi connectivity index (χ1n) is 2.59. The summed E-state index contributed by atoms with van der Waals surface area (Å²) in [5.41, 5.74) is 0.0556. The van der Waals surface area contributed by atoms with Crippen LogP contribution in [0.15, 0.2) is 6.33 Å². The molecule has 0 spiro atoms. The molecular weight excluding hydrogens is 136 g/mol. The van der Waals surface area contributed by atoms with Crippen LogP contribution in [0, 0.1) is 0 Å². The molecule has 0 aliphatic carbocycles. The SMILES string of the molecule is O=C([O-])Cc1[nH]cnc1[O-]. The summed E-state index contributed by atoms with van der Waals surface area (Å²) in [6.07, 6.45) is 0.749. The quantitative estimate of drug-likeness (QED) is 0.503. The Balaban J connectivity index is 2.74. The van der Waals surface area contributed by atoms with Gasteiger partial charge in [0.15, 0.2) is 0 Å². The standard InChI is InChI=1S/C5H6N2O3/c8-4(9)1-3-5(10)7-2-6-3/h2,10H,1H2,(H,6,7)(H,8,9)/p-2. The maximum Gasteiger partial charge on any atom is 0.0914 e. The lowest BCUT2D eigenvalue weighted by Crippen LogP contribution is -2.24. The van der Waals surface area contributed by atoms with Gasteiger partial charge in [0.2, 0.25) is 0 Å². The fraction of sp³-hybridized carbons (Fsp3) is 0.200. The van der Waals surface area contributed by atoms with E-state index in [-0.39, 0.29) is 5.69 Å². The molecule has 5 nitrogen and oxygen atoms in total. The molecule has 1 aromatic heterocycles. The van der Waals surface area contributed by atoms with Gasteiger partial charge >= 0.3 is 0 Å². The van der Waals surface area contributed by atoms with E-state index in [1.54, 1.807) is 0 Å². The number of nitrogens with zero attached hydrogens (tertiary/aromatic N) is 1. The molecule has 1 rings (SSSR count). The van der Waals surface area contributed by atoms with Gasteiger partial charge in [0.1, 0.15) is 0 Å². The van der Waals surface area contributed by atoms with E-state index >= 15 is 0 Å². The second-order valence-electron chi connectivity index (χ2n) is 1.74. The van der Waals surface area contributed by atoms with Crippen molar-refractivity contribution in [3.05, 3.63) is 12.0 Å². The van der Waals surface area contributed by atoms with Gasteiger partial charge in [-0.1, -0.05) is 0 Å². The van der Waals surface area contributed by atoms with Crippen molar-refractivity contribution in [2.45, 2.75) is 6.42 Å². The van der Waals surface area contributed by atoms with Crippen molar-refractivity contribution in [1.29, 1.82) is 0 Å². The van der Waals surface area contributed by atoms with Crippen molar-refractivity contribution < 1.29 is 15.0 Å². The first-order chi connectivity index (χ1) is 4.70. The topological polar surface area (TPSA) is 91.9 Å². The highest BCUT2D eigenvalue weighted by Gasteiger charge is 1.94. The molecule has 5 heteroatoms. The van der Waals surface area contributed by atoms with Crippen LogP contribution < -0.4 is 10.2 Å². The molecule has 54 valence electrons. The van der Waals surface area contributed by atoms with Gasteiger partial charge < -0.3 is 20.0 Å². The maximum absolute atomic E-state index is 10.5. The number of nitrogens with one attached hydrogen (secondary N) is 1. The van der Waals surface area contributed by atoms with Crippen LogP contribution in [0.3, 0.4) is 0 Å². The highest BCUT2D eigenvalue weighted by atomic mass is 16.4. The number of aromatic nitrogens is 2. The molecular formula is C5H4N2O3-2. The Morgan fingerprint density at radius 3 is 2.90 bits per heavy atom. The monoisotopic (exact) mass is 140 g/mol. The molecule has 0 amide bonds. The summed E-state index contributed by atoms with van der Waals surface area (Å²) in [5.74, 6) is -1.83. The van der Waals surface area contributed by atoms with Gasteiger partial charge in [-0.3, -0.25) is 4.98 Å². The second-order valence-corrected chi connectivity index (χ2v) is 1.74. The number of aromatic amines is 1. The molecule has 0 aromatic carbocycles. The van der Waals surface area contributed by atoms with Crippen LogP contribution in [0.25, 0.3) is 0 Å². The Kier molecular flexibility index (Phi) is 1.57. The molecule has 1 N–H and O–H groups in total. The Hall–Kier alpha value is -1.52. The van der Waals surface area contributed by atoms with E-state index in [9.17, 15) is 15.0 Å². The molecule has 0 fully saturated rings. The summed E-state index contributed by atoms with van der Waals surface area (Å²) >= 11 is 0. The first kappa shape index (κ1) is 6.60. The molecule has 0 saturated carbocycles. The molecule has 0 atom stereocenters. The van der Waals surface area contributed by atoms with Crippen LogP contribution >= 0.6 is 0 Å². The van der Waals surface area contributed by atoms with Gasteiger partial charge in [-0.15, -0.1) is 0 Å². The van der Waals surface area contributed by atoms with E-state index in [2.05, 4.69) is 9.97 Å². The van der Waals surface area contributed by atoms with E-state index in [1.807, 2.05) is 0 Å². The predicted octanol–water partition coefficient (Wildman–Crippen LogP) is -2.22. The molecule has 0 radical (unpaired) electrons. The van der Waals surface area contributed by atoms with E-state index in [1.165, 1.54) is 0 Å². The third kappa shape index (κ3) is 1.25.